The second kappa shape index (κ2) is 4.67. The Morgan fingerprint density at radius 3 is 2.25 bits per heavy atom. The van der Waals surface area contributed by atoms with Gasteiger partial charge in [0, 0.05) is 6.42 Å². The van der Waals surface area contributed by atoms with Gasteiger partial charge in [0.1, 0.15) is 9.41 Å². The van der Waals surface area contributed by atoms with E-state index in [1.54, 1.807) is 0 Å². The van der Waals surface area contributed by atoms with Crippen molar-refractivity contribution in [2.75, 3.05) is 0 Å². The lowest BCUT2D eigenvalue weighted by Gasteiger charge is -2.18. The SMILES string of the molecule is CC(C)(F)C[C@H](N)C(=O)C(Br)Br. The van der Waals surface area contributed by atoms with Crippen LogP contribution in [-0.4, -0.2) is 21.2 Å². The zero-order valence-electron chi connectivity index (χ0n) is 6.98. The highest BCUT2D eigenvalue weighted by Crippen LogP contribution is 2.19. The van der Waals surface area contributed by atoms with Crippen LogP contribution in [0.1, 0.15) is 20.3 Å². The predicted molar refractivity (Wildman–Crippen MR) is 54.4 cm³/mol. The van der Waals surface area contributed by atoms with E-state index in [2.05, 4.69) is 31.9 Å². The molecule has 1 atom stereocenters. The van der Waals surface area contributed by atoms with Gasteiger partial charge in [0.2, 0.25) is 0 Å². The normalized spacial score (nSPS) is 14.9. The van der Waals surface area contributed by atoms with E-state index in [9.17, 15) is 9.18 Å². The lowest BCUT2D eigenvalue weighted by Crippen LogP contribution is -2.38. The summed E-state index contributed by atoms with van der Waals surface area (Å²) in [5.74, 6) is -0.235. The molecule has 72 valence electrons. The van der Waals surface area contributed by atoms with E-state index in [0.29, 0.717) is 0 Å². The molecule has 0 aromatic carbocycles. The van der Waals surface area contributed by atoms with Gasteiger partial charge in [0.15, 0.2) is 5.78 Å². The van der Waals surface area contributed by atoms with E-state index >= 15 is 0 Å². The highest BCUT2D eigenvalue weighted by atomic mass is 79.9. The number of hydrogen-bond acceptors (Lipinski definition) is 2. The maximum absolute atomic E-state index is 13.0. The molecule has 0 aromatic rings. The maximum atomic E-state index is 13.0. The number of alkyl halides is 3. The molecular weight excluding hydrogens is 293 g/mol. The number of carbonyl (C=O) groups excluding carboxylic acids is 1. The van der Waals surface area contributed by atoms with Crippen LogP contribution in [0.5, 0.6) is 0 Å². The van der Waals surface area contributed by atoms with Gasteiger partial charge in [-0.05, 0) is 13.8 Å². The first-order valence-corrected chi connectivity index (χ1v) is 5.33. The van der Waals surface area contributed by atoms with Gasteiger partial charge in [-0.3, -0.25) is 4.79 Å². The van der Waals surface area contributed by atoms with Crippen LogP contribution in [0.4, 0.5) is 4.39 Å². The Kier molecular flexibility index (Phi) is 4.87. The number of Topliss-reactive ketones (excluding diaryl/α,β-unsaturated/α-hetero) is 1. The Morgan fingerprint density at radius 1 is 1.58 bits per heavy atom. The Bertz CT molecular complexity index is 167. The molecule has 5 heteroatoms. The van der Waals surface area contributed by atoms with E-state index < -0.39 is 15.4 Å². The fourth-order valence-corrected chi connectivity index (χ4v) is 1.46. The minimum absolute atomic E-state index is 0.0412. The molecule has 0 aliphatic carbocycles. The molecule has 0 aliphatic heterocycles. The van der Waals surface area contributed by atoms with Crippen molar-refractivity contribution < 1.29 is 9.18 Å². The topological polar surface area (TPSA) is 43.1 Å². The number of halogens is 3. The Labute approximate surface area is 88.3 Å². The van der Waals surface area contributed by atoms with Crippen molar-refractivity contribution >= 4 is 37.6 Å². The molecule has 0 rings (SSSR count). The monoisotopic (exact) mass is 303 g/mol. The highest BCUT2D eigenvalue weighted by Gasteiger charge is 2.27. The van der Waals surface area contributed by atoms with Gasteiger partial charge in [0.05, 0.1) is 6.04 Å². The molecule has 2 N–H and O–H groups in total. The van der Waals surface area contributed by atoms with Crippen LogP contribution in [0.15, 0.2) is 0 Å². The van der Waals surface area contributed by atoms with Gasteiger partial charge in [-0.15, -0.1) is 0 Å². The average molecular weight is 305 g/mol. The van der Waals surface area contributed by atoms with Crippen LogP contribution in [-0.2, 0) is 4.79 Å². The second-order valence-corrected chi connectivity index (χ2v) is 6.29. The fourth-order valence-electron chi connectivity index (χ4n) is 0.785. The van der Waals surface area contributed by atoms with Crippen molar-refractivity contribution in [1.29, 1.82) is 0 Å². The first-order chi connectivity index (χ1) is 5.24. The Balaban J connectivity index is 4.05. The molecule has 0 aliphatic rings. The summed E-state index contributed by atoms with van der Waals surface area (Å²) < 4.78 is 12.5. The molecule has 0 aromatic heterocycles. The van der Waals surface area contributed by atoms with Crippen LogP contribution in [0.2, 0.25) is 0 Å². The molecule has 2 nitrogen and oxygen atoms in total. The molecule has 0 fully saturated rings. The number of nitrogens with two attached hydrogens (primary N) is 1. The van der Waals surface area contributed by atoms with Crippen LogP contribution in [0.3, 0.4) is 0 Å². The summed E-state index contributed by atoms with van der Waals surface area (Å²) >= 11 is 6.03. The predicted octanol–water partition coefficient (Wildman–Crippen LogP) is 2.14. The Morgan fingerprint density at radius 2 is 2.00 bits per heavy atom. The highest BCUT2D eigenvalue weighted by molar-refractivity contribution is 9.25. The minimum atomic E-state index is -1.40. The van der Waals surface area contributed by atoms with Crippen molar-refractivity contribution in [2.45, 2.75) is 35.7 Å². The molecule has 0 radical (unpaired) electrons. The van der Waals surface area contributed by atoms with Crippen LogP contribution < -0.4 is 5.73 Å². The van der Waals surface area contributed by atoms with E-state index in [0.717, 1.165) is 0 Å². The quantitative estimate of drug-likeness (QED) is 0.809. The third-order valence-corrected chi connectivity index (χ3v) is 2.19. The fraction of sp³-hybridized carbons (Fsp3) is 0.857. The molecule has 0 amide bonds. The molecule has 0 unspecified atom stereocenters. The molecule has 0 bridgehead atoms. The number of ketones is 1. The first-order valence-electron chi connectivity index (χ1n) is 3.50. The maximum Gasteiger partial charge on any atom is 0.173 e. The largest absolute Gasteiger partial charge is 0.321 e. The zero-order chi connectivity index (χ0) is 9.94. The van der Waals surface area contributed by atoms with Gasteiger partial charge in [-0.1, -0.05) is 31.9 Å². The van der Waals surface area contributed by atoms with Crippen LogP contribution in [0.25, 0.3) is 0 Å². The molecule has 0 saturated carbocycles. The number of rotatable bonds is 4. The number of hydrogen-bond donors (Lipinski definition) is 1. The van der Waals surface area contributed by atoms with Gasteiger partial charge in [-0.25, -0.2) is 4.39 Å². The summed E-state index contributed by atoms with van der Waals surface area (Å²) in [5.41, 5.74) is 4.06. The summed E-state index contributed by atoms with van der Waals surface area (Å²) in [5, 5.41) is 0. The van der Waals surface area contributed by atoms with E-state index in [1.807, 2.05) is 0 Å². The van der Waals surface area contributed by atoms with Crippen molar-refractivity contribution in [3.8, 4) is 0 Å². The van der Waals surface area contributed by atoms with E-state index in [4.69, 9.17) is 5.73 Å². The molecular formula is C7H12Br2FNO. The lowest BCUT2D eigenvalue weighted by molar-refractivity contribution is -0.119. The summed E-state index contributed by atoms with van der Waals surface area (Å²) in [4.78, 5) is 11.1. The summed E-state index contributed by atoms with van der Waals surface area (Å²) in [6.07, 6.45) is 0.0412. The van der Waals surface area contributed by atoms with Crippen molar-refractivity contribution in [2.24, 2.45) is 5.73 Å². The van der Waals surface area contributed by atoms with E-state index in [1.165, 1.54) is 13.8 Å². The smallest absolute Gasteiger partial charge is 0.173 e. The summed E-state index contributed by atoms with van der Waals surface area (Å²) in [6.45, 7) is 2.80. The third-order valence-electron chi connectivity index (χ3n) is 1.29. The number of carbonyl (C=O) groups is 1. The minimum Gasteiger partial charge on any atom is -0.321 e. The van der Waals surface area contributed by atoms with Gasteiger partial charge in [-0.2, -0.15) is 0 Å². The second-order valence-electron chi connectivity index (χ2n) is 3.23. The summed E-state index contributed by atoms with van der Waals surface area (Å²) in [7, 11) is 0. The van der Waals surface area contributed by atoms with Crippen LogP contribution in [0, 0.1) is 0 Å². The van der Waals surface area contributed by atoms with Crippen LogP contribution >= 0.6 is 31.9 Å². The third kappa shape index (κ3) is 5.22. The molecule has 0 saturated heterocycles. The van der Waals surface area contributed by atoms with Crippen molar-refractivity contribution in [3.63, 3.8) is 0 Å². The zero-order valence-corrected chi connectivity index (χ0v) is 10.2. The Hall–Kier alpha value is 0.520. The molecule has 0 heterocycles. The van der Waals surface area contributed by atoms with Gasteiger partial charge >= 0.3 is 0 Å². The van der Waals surface area contributed by atoms with Crippen molar-refractivity contribution in [1.82, 2.24) is 0 Å². The lowest BCUT2D eigenvalue weighted by atomic mass is 9.99. The van der Waals surface area contributed by atoms with Gasteiger partial charge in [0.25, 0.3) is 0 Å². The van der Waals surface area contributed by atoms with Crippen molar-refractivity contribution in [3.05, 3.63) is 0 Å². The molecule has 0 spiro atoms. The summed E-state index contributed by atoms with van der Waals surface area (Å²) in [6, 6.07) is -0.756. The van der Waals surface area contributed by atoms with E-state index in [-0.39, 0.29) is 12.2 Å². The average Bonchev–Trinajstić information content (AvgIpc) is 1.82. The molecule has 12 heavy (non-hydrogen) atoms. The first kappa shape index (κ1) is 12.5. The van der Waals surface area contributed by atoms with Gasteiger partial charge < -0.3 is 5.73 Å². The standard InChI is InChI=1S/C7H12Br2FNO/c1-7(2,10)3-4(11)5(12)6(8)9/h4,6H,3,11H2,1-2H3/t4-/m0/s1.